The van der Waals surface area contributed by atoms with Crippen molar-refractivity contribution in [2.75, 3.05) is 12.8 Å². The first-order valence-corrected chi connectivity index (χ1v) is 9.73. The number of aldehydes is 1. The highest BCUT2D eigenvalue weighted by Crippen LogP contribution is 2.48. The maximum Gasteiger partial charge on any atom is 0.137 e. The van der Waals surface area contributed by atoms with Crippen molar-refractivity contribution in [1.29, 1.82) is 0 Å². The molecule has 0 heterocycles. The van der Waals surface area contributed by atoms with Crippen LogP contribution in [0.5, 0.6) is 0 Å². The van der Waals surface area contributed by atoms with E-state index in [4.69, 9.17) is 0 Å². The van der Waals surface area contributed by atoms with Gasteiger partial charge in [-0.1, -0.05) is 91.0 Å². The molecule has 0 aliphatic rings. The van der Waals surface area contributed by atoms with E-state index in [0.717, 1.165) is 6.29 Å². The molecule has 0 aliphatic carbocycles. The number of carbonyl (C=O) groups excluding carboxylic acids is 1. The zero-order valence-electron chi connectivity index (χ0n) is 14.8. The standard InChI is InChI=1S/C23H23NOS/c1-24-22(17-25)18-26-23(19-11-5-2-6-12-19,20-13-7-3-8-14-20)21-15-9-4-10-16-21/h2-17,22,24H,18H2,1H3/t22-/m1/s1. The topological polar surface area (TPSA) is 29.1 Å². The first kappa shape index (κ1) is 18.4. The minimum atomic E-state index is -0.373. The van der Waals surface area contributed by atoms with Crippen molar-refractivity contribution in [3.63, 3.8) is 0 Å². The van der Waals surface area contributed by atoms with E-state index in [-0.39, 0.29) is 10.8 Å². The van der Waals surface area contributed by atoms with E-state index < -0.39 is 0 Å². The average Bonchev–Trinajstić information content (AvgIpc) is 2.74. The van der Waals surface area contributed by atoms with Gasteiger partial charge >= 0.3 is 0 Å². The lowest BCUT2D eigenvalue weighted by molar-refractivity contribution is -0.109. The molecule has 2 nitrogen and oxygen atoms in total. The molecular formula is C23H23NOS. The van der Waals surface area contributed by atoms with Gasteiger partial charge < -0.3 is 10.1 Å². The Hall–Kier alpha value is -2.36. The molecule has 0 aromatic heterocycles. The van der Waals surface area contributed by atoms with Gasteiger partial charge in [0.2, 0.25) is 0 Å². The van der Waals surface area contributed by atoms with E-state index in [1.807, 2.05) is 25.2 Å². The van der Waals surface area contributed by atoms with E-state index >= 15 is 0 Å². The lowest BCUT2D eigenvalue weighted by atomic mass is 9.84. The van der Waals surface area contributed by atoms with Crippen LogP contribution in [-0.2, 0) is 9.54 Å². The van der Waals surface area contributed by atoms with Crippen molar-refractivity contribution in [1.82, 2.24) is 5.32 Å². The van der Waals surface area contributed by atoms with Gasteiger partial charge in [-0.25, -0.2) is 0 Å². The van der Waals surface area contributed by atoms with Gasteiger partial charge in [0.25, 0.3) is 0 Å². The Kier molecular flexibility index (Phi) is 6.26. The third-order valence-electron chi connectivity index (χ3n) is 4.56. The summed E-state index contributed by atoms with van der Waals surface area (Å²) in [5.74, 6) is 0.679. The van der Waals surface area contributed by atoms with Gasteiger partial charge in [-0.05, 0) is 23.7 Å². The molecule has 0 saturated heterocycles. The van der Waals surface area contributed by atoms with Crippen molar-refractivity contribution in [3.8, 4) is 0 Å². The molecule has 0 bridgehead atoms. The maximum atomic E-state index is 11.4. The molecule has 3 aromatic carbocycles. The van der Waals surface area contributed by atoms with Crippen LogP contribution >= 0.6 is 11.8 Å². The number of hydrogen-bond acceptors (Lipinski definition) is 3. The largest absolute Gasteiger partial charge is 0.310 e. The van der Waals surface area contributed by atoms with E-state index in [0.29, 0.717) is 5.75 Å². The Bertz CT molecular complexity index is 709. The Labute approximate surface area is 159 Å². The van der Waals surface area contributed by atoms with Gasteiger partial charge in [-0.2, -0.15) is 0 Å². The molecule has 0 amide bonds. The van der Waals surface area contributed by atoms with Crippen molar-refractivity contribution in [2.45, 2.75) is 10.8 Å². The number of likely N-dealkylation sites (N-methyl/N-ethyl adjacent to an activating group) is 1. The highest BCUT2D eigenvalue weighted by molar-refractivity contribution is 8.00. The molecule has 3 rings (SSSR count). The Morgan fingerprint density at radius 2 is 1.19 bits per heavy atom. The fraction of sp³-hybridized carbons (Fsp3) is 0.174. The van der Waals surface area contributed by atoms with Crippen LogP contribution in [-0.4, -0.2) is 25.1 Å². The van der Waals surface area contributed by atoms with Crippen LogP contribution in [0.4, 0.5) is 0 Å². The van der Waals surface area contributed by atoms with Gasteiger partial charge in [0, 0.05) is 5.75 Å². The first-order chi connectivity index (χ1) is 12.8. The summed E-state index contributed by atoms with van der Waals surface area (Å²) in [5, 5.41) is 3.09. The van der Waals surface area contributed by atoms with Crippen LogP contribution in [0, 0.1) is 0 Å². The van der Waals surface area contributed by atoms with Crippen LogP contribution in [0.1, 0.15) is 16.7 Å². The maximum absolute atomic E-state index is 11.4. The van der Waals surface area contributed by atoms with E-state index in [1.165, 1.54) is 16.7 Å². The van der Waals surface area contributed by atoms with Gasteiger partial charge in [-0.3, -0.25) is 0 Å². The lowest BCUT2D eigenvalue weighted by Crippen LogP contribution is -2.33. The van der Waals surface area contributed by atoms with Gasteiger partial charge in [0.05, 0.1) is 10.8 Å². The number of hydrogen-bond donors (Lipinski definition) is 1. The number of rotatable bonds is 8. The van der Waals surface area contributed by atoms with E-state index in [1.54, 1.807) is 11.8 Å². The number of nitrogens with one attached hydrogen (secondary N) is 1. The van der Waals surface area contributed by atoms with Crippen LogP contribution in [0.2, 0.25) is 0 Å². The summed E-state index contributed by atoms with van der Waals surface area (Å²) in [6.45, 7) is 0. The molecule has 3 heteroatoms. The van der Waals surface area contributed by atoms with Gasteiger partial charge in [0.15, 0.2) is 0 Å². The molecular weight excluding hydrogens is 338 g/mol. The molecule has 0 saturated carbocycles. The highest BCUT2D eigenvalue weighted by Gasteiger charge is 2.37. The van der Waals surface area contributed by atoms with Crippen LogP contribution in [0.3, 0.4) is 0 Å². The van der Waals surface area contributed by atoms with E-state index in [9.17, 15) is 4.79 Å². The minimum absolute atomic E-state index is 0.185. The summed E-state index contributed by atoms with van der Waals surface area (Å²) in [6.07, 6.45) is 0.985. The first-order valence-electron chi connectivity index (χ1n) is 8.74. The van der Waals surface area contributed by atoms with Crippen LogP contribution < -0.4 is 5.32 Å². The smallest absolute Gasteiger partial charge is 0.137 e. The Morgan fingerprint density at radius 3 is 1.50 bits per heavy atom. The van der Waals surface area contributed by atoms with Crippen molar-refractivity contribution >= 4 is 18.0 Å². The predicted molar refractivity (Wildman–Crippen MR) is 111 cm³/mol. The third kappa shape index (κ3) is 3.74. The number of carbonyl (C=O) groups is 1. The third-order valence-corrected chi connectivity index (χ3v) is 6.22. The normalized spacial score (nSPS) is 12.5. The Morgan fingerprint density at radius 1 is 0.808 bits per heavy atom. The van der Waals surface area contributed by atoms with Crippen LogP contribution in [0.15, 0.2) is 91.0 Å². The molecule has 1 atom stereocenters. The van der Waals surface area contributed by atoms with Crippen molar-refractivity contribution in [2.24, 2.45) is 0 Å². The molecule has 0 aliphatic heterocycles. The molecule has 3 aromatic rings. The van der Waals surface area contributed by atoms with Crippen LogP contribution in [0.25, 0.3) is 0 Å². The summed E-state index contributed by atoms with van der Waals surface area (Å²) in [5.41, 5.74) is 3.63. The Balaban J connectivity index is 2.19. The van der Waals surface area contributed by atoms with E-state index in [2.05, 4.69) is 78.1 Å². The summed E-state index contributed by atoms with van der Waals surface area (Å²) in [4.78, 5) is 11.4. The predicted octanol–water partition coefficient (Wildman–Crippen LogP) is 4.50. The highest BCUT2D eigenvalue weighted by atomic mass is 32.2. The SMILES string of the molecule is CN[C@H](C=O)CSC(c1ccccc1)(c1ccccc1)c1ccccc1. The molecule has 132 valence electrons. The second kappa shape index (κ2) is 8.84. The lowest BCUT2D eigenvalue weighted by Gasteiger charge is -2.36. The molecule has 26 heavy (non-hydrogen) atoms. The summed E-state index contributed by atoms with van der Waals surface area (Å²) in [7, 11) is 1.83. The summed E-state index contributed by atoms with van der Waals surface area (Å²) < 4.78 is -0.373. The zero-order chi connectivity index (χ0) is 18.2. The summed E-state index contributed by atoms with van der Waals surface area (Å²) in [6, 6.07) is 31.4. The zero-order valence-corrected chi connectivity index (χ0v) is 15.7. The molecule has 0 fully saturated rings. The minimum Gasteiger partial charge on any atom is -0.310 e. The fourth-order valence-electron chi connectivity index (χ4n) is 3.17. The second-order valence-electron chi connectivity index (χ2n) is 6.12. The molecule has 0 unspecified atom stereocenters. The molecule has 0 spiro atoms. The fourth-order valence-corrected chi connectivity index (χ4v) is 4.76. The second-order valence-corrected chi connectivity index (χ2v) is 7.36. The van der Waals surface area contributed by atoms with Gasteiger partial charge in [-0.15, -0.1) is 11.8 Å². The molecule has 0 radical (unpaired) electrons. The molecule has 1 N–H and O–H groups in total. The number of benzene rings is 3. The van der Waals surface area contributed by atoms with Gasteiger partial charge in [0.1, 0.15) is 6.29 Å². The van der Waals surface area contributed by atoms with Crippen molar-refractivity contribution < 1.29 is 4.79 Å². The van der Waals surface area contributed by atoms with Crippen molar-refractivity contribution in [3.05, 3.63) is 108 Å². The quantitative estimate of drug-likeness (QED) is 0.473. The monoisotopic (exact) mass is 361 g/mol. The average molecular weight is 362 g/mol. The number of thioether (sulfide) groups is 1. The summed E-state index contributed by atoms with van der Waals surface area (Å²) >= 11 is 1.79.